The van der Waals surface area contributed by atoms with Crippen molar-refractivity contribution in [3.8, 4) is 0 Å². The number of carbonyl (C=O) groups is 2. The smallest absolute Gasteiger partial charge is 0.340 e. The minimum atomic E-state index is -3.48. The molecule has 0 saturated carbocycles. The van der Waals surface area contributed by atoms with Gasteiger partial charge in [0, 0.05) is 19.3 Å². The van der Waals surface area contributed by atoms with E-state index in [0.717, 1.165) is 18.7 Å². The lowest BCUT2D eigenvalue weighted by Gasteiger charge is -2.34. The van der Waals surface area contributed by atoms with E-state index >= 15 is 0 Å². The summed E-state index contributed by atoms with van der Waals surface area (Å²) in [5.74, 6) is -0.266. The first-order valence-corrected chi connectivity index (χ1v) is 10.3. The van der Waals surface area contributed by atoms with Gasteiger partial charge in [0.1, 0.15) is 0 Å². The van der Waals surface area contributed by atoms with Gasteiger partial charge in [-0.15, -0.1) is 0 Å². The maximum atomic E-state index is 12.3. The third kappa shape index (κ3) is 5.19. The van der Waals surface area contributed by atoms with Crippen molar-refractivity contribution in [3.05, 3.63) is 28.8 Å². The molecule has 1 saturated heterocycles. The lowest BCUT2D eigenvalue weighted by molar-refractivity contribution is -0.137. The van der Waals surface area contributed by atoms with E-state index in [1.807, 2.05) is 0 Å². The summed E-state index contributed by atoms with van der Waals surface area (Å²) in [5, 5.41) is 0.0741. The van der Waals surface area contributed by atoms with E-state index in [1.54, 1.807) is 4.90 Å². The van der Waals surface area contributed by atoms with Gasteiger partial charge < -0.3 is 9.64 Å². The quantitative estimate of drug-likeness (QED) is 0.741. The van der Waals surface area contributed by atoms with Gasteiger partial charge in [-0.3, -0.25) is 4.79 Å². The van der Waals surface area contributed by atoms with Crippen LogP contribution < -0.4 is 0 Å². The van der Waals surface area contributed by atoms with Gasteiger partial charge in [0.05, 0.1) is 15.5 Å². The average Bonchev–Trinajstić information content (AvgIpc) is 2.50. The van der Waals surface area contributed by atoms with Gasteiger partial charge in [0.2, 0.25) is 0 Å². The standard InChI is InChI=1S/C17H22ClNO5S/c1-11-6-12(2)9-19(8-11)16(20)10-24-17(21)14-7-13(25(3,22)23)4-5-15(14)18/h4-5,7,11-12H,6,8-10H2,1-3H3/t11-,12-/m0/s1. The Morgan fingerprint density at radius 2 is 1.84 bits per heavy atom. The molecule has 0 radical (unpaired) electrons. The van der Waals surface area contributed by atoms with Crippen LogP contribution in [-0.4, -0.2) is 51.1 Å². The van der Waals surface area contributed by atoms with Crippen molar-refractivity contribution in [1.29, 1.82) is 0 Å². The SMILES string of the molecule is C[C@H]1C[C@H](C)CN(C(=O)COC(=O)c2cc(S(C)(=O)=O)ccc2Cl)C1. The van der Waals surface area contributed by atoms with Crippen LogP contribution in [0.2, 0.25) is 5.02 Å². The summed E-state index contributed by atoms with van der Waals surface area (Å²) in [6, 6.07) is 3.80. The molecule has 0 bridgehead atoms. The second-order valence-electron chi connectivity index (χ2n) is 6.73. The minimum absolute atomic E-state index is 0.0335. The number of hydrogen-bond acceptors (Lipinski definition) is 5. The van der Waals surface area contributed by atoms with Gasteiger partial charge in [-0.1, -0.05) is 25.4 Å². The summed E-state index contributed by atoms with van der Waals surface area (Å²) in [7, 11) is -3.48. The molecule has 2 rings (SSSR count). The molecule has 1 aromatic carbocycles. The molecule has 0 aliphatic carbocycles. The Bertz CT molecular complexity index is 767. The Kier molecular flexibility index (Phi) is 6.11. The molecule has 1 fully saturated rings. The number of rotatable bonds is 4. The van der Waals surface area contributed by atoms with E-state index < -0.39 is 22.4 Å². The predicted molar refractivity (Wildman–Crippen MR) is 94.4 cm³/mol. The van der Waals surface area contributed by atoms with Crippen LogP contribution in [0.5, 0.6) is 0 Å². The zero-order valence-corrected chi connectivity index (χ0v) is 16.1. The van der Waals surface area contributed by atoms with Crippen LogP contribution in [0.4, 0.5) is 0 Å². The number of hydrogen-bond donors (Lipinski definition) is 0. The van der Waals surface area contributed by atoms with Crippen molar-refractivity contribution in [1.82, 2.24) is 4.90 Å². The fourth-order valence-electron chi connectivity index (χ4n) is 3.05. The Balaban J connectivity index is 2.04. The molecule has 6 nitrogen and oxygen atoms in total. The normalized spacial score (nSPS) is 21.0. The Labute approximate surface area is 153 Å². The number of nitrogens with zero attached hydrogens (tertiary/aromatic N) is 1. The van der Waals surface area contributed by atoms with Crippen LogP contribution in [0.3, 0.4) is 0 Å². The molecule has 0 aromatic heterocycles. The molecule has 0 unspecified atom stereocenters. The van der Waals surface area contributed by atoms with Gasteiger partial charge in [-0.05, 0) is 36.5 Å². The van der Waals surface area contributed by atoms with Crippen LogP contribution in [0, 0.1) is 11.8 Å². The number of likely N-dealkylation sites (tertiary alicyclic amines) is 1. The molecule has 1 aliphatic heterocycles. The molecule has 1 amide bonds. The summed E-state index contributed by atoms with van der Waals surface area (Å²) in [5.41, 5.74) is -0.0715. The summed E-state index contributed by atoms with van der Waals surface area (Å²) >= 11 is 5.95. The molecular weight excluding hydrogens is 366 g/mol. The molecule has 8 heteroatoms. The fourth-order valence-corrected chi connectivity index (χ4v) is 3.90. The van der Waals surface area contributed by atoms with Crippen molar-refractivity contribution < 1.29 is 22.7 Å². The molecule has 25 heavy (non-hydrogen) atoms. The summed E-state index contributed by atoms with van der Waals surface area (Å²) < 4.78 is 28.2. The Hall–Kier alpha value is -1.60. The lowest BCUT2D eigenvalue weighted by Crippen LogP contribution is -2.44. The average molecular weight is 388 g/mol. The summed E-state index contributed by atoms with van der Waals surface area (Å²) in [6.07, 6.45) is 2.10. The minimum Gasteiger partial charge on any atom is -0.452 e. The molecule has 0 spiro atoms. The molecule has 138 valence electrons. The van der Waals surface area contributed by atoms with E-state index in [2.05, 4.69) is 13.8 Å². The first-order chi connectivity index (χ1) is 11.6. The number of benzene rings is 1. The molecule has 1 aromatic rings. The van der Waals surface area contributed by atoms with E-state index in [-0.39, 0.29) is 21.4 Å². The van der Waals surface area contributed by atoms with Gasteiger partial charge in [0.15, 0.2) is 16.4 Å². The lowest BCUT2D eigenvalue weighted by atomic mass is 9.92. The maximum Gasteiger partial charge on any atom is 0.340 e. The van der Waals surface area contributed by atoms with Crippen LogP contribution in [-0.2, 0) is 19.4 Å². The van der Waals surface area contributed by atoms with Crippen molar-refractivity contribution >= 4 is 33.3 Å². The number of carbonyl (C=O) groups excluding carboxylic acids is 2. The number of ether oxygens (including phenoxy) is 1. The number of sulfone groups is 1. The highest BCUT2D eigenvalue weighted by Crippen LogP contribution is 2.23. The number of esters is 1. The third-order valence-corrected chi connectivity index (χ3v) is 5.57. The third-order valence-electron chi connectivity index (χ3n) is 4.13. The zero-order valence-electron chi connectivity index (χ0n) is 14.5. The van der Waals surface area contributed by atoms with E-state index in [9.17, 15) is 18.0 Å². The van der Waals surface area contributed by atoms with E-state index in [4.69, 9.17) is 16.3 Å². The van der Waals surface area contributed by atoms with E-state index in [0.29, 0.717) is 24.9 Å². The summed E-state index contributed by atoms with van der Waals surface area (Å²) in [6.45, 7) is 5.06. The number of amides is 1. The summed E-state index contributed by atoms with van der Waals surface area (Å²) in [4.78, 5) is 26.1. The second-order valence-corrected chi connectivity index (χ2v) is 9.16. The predicted octanol–water partition coefficient (Wildman–Crippen LogP) is 2.40. The number of halogens is 1. The molecule has 2 atom stereocenters. The Morgan fingerprint density at radius 3 is 2.40 bits per heavy atom. The Morgan fingerprint density at radius 1 is 1.24 bits per heavy atom. The second kappa shape index (κ2) is 7.74. The zero-order chi connectivity index (χ0) is 18.8. The highest BCUT2D eigenvalue weighted by Gasteiger charge is 2.26. The first-order valence-electron chi connectivity index (χ1n) is 8.02. The van der Waals surface area contributed by atoms with Crippen LogP contribution in [0.15, 0.2) is 23.1 Å². The maximum absolute atomic E-state index is 12.3. The van der Waals surface area contributed by atoms with Crippen molar-refractivity contribution in [2.24, 2.45) is 11.8 Å². The van der Waals surface area contributed by atoms with Crippen LogP contribution in [0.25, 0.3) is 0 Å². The topological polar surface area (TPSA) is 80.8 Å². The van der Waals surface area contributed by atoms with Crippen molar-refractivity contribution in [2.45, 2.75) is 25.2 Å². The molecule has 1 aliphatic rings. The molecular formula is C17H22ClNO5S. The van der Waals surface area contributed by atoms with Gasteiger partial charge in [0.25, 0.3) is 5.91 Å². The first kappa shape index (κ1) is 19.7. The number of piperidine rings is 1. The molecule has 1 heterocycles. The fraction of sp³-hybridized carbons (Fsp3) is 0.529. The van der Waals surface area contributed by atoms with Crippen molar-refractivity contribution in [3.63, 3.8) is 0 Å². The van der Waals surface area contributed by atoms with Gasteiger partial charge >= 0.3 is 5.97 Å². The molecule has 0 N–H and O–H groups in total. The largest absolute Gasteiger partial charge is 0.452 e. The van der Waals surface area contributed by atoms with Crippen molar-refractivity contribution in [2.75, 3.05) is 26.0 Å². The van der Waals surface area contributed by atoms with E-state index in [1.165, 1.54) is 12.1 Å². The highest BCUT2D eigenvalue weighted by atomic mass is 35.5. The van der Waals surface area contributed by atoms with Crippen LogP contribution >= 0.6 is 11.6 Å². The van der Waals surface area contributed by atoms with Gasteiger partial charge in [-0.25, -0.2) is 13.2 Å². The highest BCUT2D eigenvalue weighted by molar-refractivity contribution is 7.90. The van der Waals surface area contributed by atoms with Crippen LogP contribution in [0.1, 0.15) is 30.6 Å². The monoisotopic (exact) mass is 387 g/mol. The van der Waals surface area contributed by atoms with Gasteiger partial charge in [-0.2, -0.15) is 0 Å².